The summed E-state index contributed by atoms with van der Waals surface area (Å²) in [5.74, 6) is 0.857. The monoisotopic (exact) mass is 481 g/mol. The minimum atomic E-state index is 0.416. The number of nitrogens with two attached hydrogens (primary N) is 1. The van der Waals surface area contributed by atoms with Gasteiger partial charge in [-0.3, -0.25) is 0 Å². The summed E-state index contributed by atoms with van der Waals surface area (Å²) in [6.07, 6.45) is 6.23. The zero-order chi connectivity index (χ0) is 23.8. The number of nitrogens with zero attached hydrogens (tertiary/aromatic N) is 2. The van der Waals surface area contributed by atoms with Crippen molar-refractivity contribution < 1.29 is 4.74 Å². The summed E-state index contributed by atoms with van der Waals surface area (Å²) in [7, 11) is 0. The highest BCUT2D eigenvalue weighted by atomic mass is 32.1. The second-order valence-electron chi connectivity index (χ2n) is 9.06. The predicted molar refractivity (Wildman–Crippen MR) is 146 cm³/mol. The summed E-state index contributed by atoms with van der Waals surface area (Å²) >= 11 is 5.23. The van der Waals surface area contributed by atoms with E-state index in [2.05, 4.69) is 62.4 Å². The van der Waals surface area contributed by atoms with Crippen LogP contribution in [0.3, 0.4) is 0 Å². The molecule has 1 fully saturated rings. The van der Waals surface area contributed by atoms with E-state index in [4.69, 9.17) is 22.7 Å². The third-order valence-corrected chi connectivity index (χ3v) is 7.06. The summed E-state index contributed by atoms with van der Waals surface area (Å²) in [4.78, 5) is 8.25. The number of hydrogen-bond donors (Lipinski definition) is 3. The molecule has 5 aromatic rings. The van der Waals surface area contributed by atoms with Crippen molar-refractivity contribution >= 4 is 45.0 Å². The lowest BCUT2D eigenvalue weighted by Gasteiger charge is -2.24. The van der Waals surface area contributed by atoms with Crippen molar-refractivity contribution in [2.24, 2.45) is 5.73 Å². The van der Waals surface area contributed by atoms with Crippen LogP contribution in [-0.4, -0.2) is 32.7 Å². The number of nitrogens with one attached hydrogen (secondary N) is 2. The highest BCUT2D eigenvalue weighted by Crippen LogP contribution is 2.36. The maximum Gasteiger partial charge on any atom is 0.139 e. The number of pyridine rings is 1. The molecule has 4 heterocycles. The average molecular weight is 482 g/mol. The molecule has 0 aliphatic carbocycles. The number of thiocarbonyl (C=S) groups is 1. The molecule has 6 rings (SSSR count). The molecule has 0 amide bonds. The van der Waals surface area contributed by atoms with Gasteiger partial charge in [-0.25, -0.2) is 4.98 Å². The Morgan fingerprint density at radius 1 is 1.11 bits per heavy atom. The Kier molecular flexibility index (Phi) is 5.72. The number of rotatable bonds is 6. The van der Waals surface area contributed by atoms with Crippen molar-refractivity contribution in [2.75, 3.05) is 18.5 Å². The van der Waals surface area contributed by atoms with E-state index in [1.54, 1.807) is 0 Å². The molecule has 7 heteroatoms. The quantitative estimate of drug-likeness (QED) is 0.268. The van der Waals surface area contributed by atoms with Gasteiger partial charge in [0.15, 0.2) is 0 Å². The molecule has 1 saturated heterocycles. The first kappa shape index (κ1) is 21.8. The number of aromatic amines is 1. The van der Waals surface area contributed by atoms with Crippen molar-refractivity contribution in [1.82, 2.24) is 14.5 Å². The molecule has 0 spiro atoms. The minimum Gasteiger partial charge on any atom is -0.389 e. The fourth-order valence-electron chi connectivity index (χ4n) is 4.96. The van der Waals surface area contributed by atoms with Crippen LogP contribution in [0.2, 0.25) is 0 Å². The average Bonchev–Trinajstić information content (AvgIpc) is 3.52. The molecular formula is C28H27N5OS. The second kappa shape index (κ2) is 9.17. The van der Waals surface area contributed by atoms with Gasteiger partial charge in [-0.15, -0.1) is 0 Å². The summed E-state index contributed by atoms with van der Waals surface area (Å²) in [5, 5.41) is 5.81. The number of benzene rings is 2. The largest absolute Gasteiger partial charge is 0.389 e. The summed E-state index contributed by atoms with van der Waals surface area (Å²) in [6.45, 7) is 2.29. The molecule has 0 radical (unpaired) electrons. The first-order chi connectivity index (χ1) is 17.2. The van der Waals surface area contributed by atoms with Crippen LogP contribution in [0, 0.1) is 0 Å². The molecule has 0 bridgehead atoms. The van der Waals surface area contributed by atoms with Gasteiger partial charge in [-0.2, -0.15) is 0 Å². The van der Waals surface area contributed by atoms with Gasteiger partial charge in [-0.1, -0.05) is 42.5 Å². The van der Waals surface area contributed by atoms with Crippen LogP contribution in [0.4, 0.5) is 5.82 Å². The van der Waals surface area contributed by atoms with Crippen LogP contribution in [0.15, 0.2) is 73.1 Å². The van der Waals surface area contributed by atoms with Gasteiger partial charge in [0.25, 0.3) is 0 Å². The third-order valence-electron chi connectivity index (χ3n) is 6.82. The van der Waals surface area contributed by atoms with Crippen LogP contribution in [0.5, 0.6) is 0 Å². The third kappa shape index (κ3) is 4.29. The van der Waals surface area contributed by atoms with Crippen molar-refractivity contribution in [3.05, 3.63) is 84.2 Å². The molecule has 176 valence electrons. The summed E-state index contributed by atoms with van der Waals surface area (Å²) < 4.78 is 8.08. The molecule has 6 nitrogen and oxygen atoms in total. The molecule has 4 N–H and O–H groups in total. The maximum absolute atomic E-state index is 5.92. The molecule has 0 saturated carbocycles. The lowest BCUT2D eigenvalue weighted by molar-refractivity contribution is 0.0707. The molecule has 0 unspecified atom stereocenters. The fourth-order valence-corrected chi connectivity index (χ4v) is 5.09. The number of anilines is 1. The Morgan fingerprint density at radius 3 is 2.86 bits per heavy atom. The second-order valence-corrected chi connectivity index (χ2v) is 9.50. The van der Waals surface area contributed by atoms with Crippen LogP contribution in [0.1, 0.15) is 30.0 Å². The van der Waals surface area contributed by atoms with Crippen molar-refractivity contribution in [2.45, 2.75) is 25.4 Å². The van der Waals surface area contributed by atoms with Crippen LogP contribution < -0.4 is 11.1 Å². The lowest BCUT2D eigenvalue weighted by Crippen LogP contribution is -2.19. The zero-order valence-corrected chi connectivity index (χ0v) is 20.1. The first-order valence-corrected chi connectivity index (χ1v) is 12.4. The number of aromatic nitrogens is 3. The molecule has 3 aromatic heterocycles. The minimum absolute atomic E-state index is 0.416. The highest BCUT2D eigenvalue weighted by Gasteiger charge is 2.20. The molecule has 1 aliphatic rings. The molecule has 0 atom stereocenters. The van der Waals surface area contributed by atoms with E-state index >= 15 is 0 Å². The topological polar surface area (TPSA) is 80.9 Å². The Morgan fingerprint density at radius 2 is 2.00 bits per heavy atom. The van der Waals surface area contributed by atoms with Gasteiger partial charge < -0.3 is 25.3 Å². The molecular weight excluding hydrogens is 454 g/mol. The Bertz CT molecular complexity index is 1530. The van der Waals surface area contributed by atoms with Gasteiger partial charge in [-0.05, 0) is 54.3 Å². The SMILES string of the molecule is NC(=S)c1cccc(-c2cn(C3CCOCC3)c3cc(CNc4ccc5cc[nH]c5n4)ccc23)c1. The van der Waals surface area contributed by atoms with Crippen molar-refractivity contribution in [3.63, 3.8) is 0 Å². The van der Waals surface area contributed by atoms with E-state index in [0.29, 0.717) is 17.6 Å². The van der Waals surface area contributed by atoms with E-state index < -0.39 is 0 Å². The van der Waals surface area contributed by atoms with Crippen molar-refractivity contribution in [1.29, 1.82) is 0 Å². The van der Waals surface area contributed by atoms with Gasteiger partial charge in [0.05, 0.1) is 0 Å². The van der Waals surface area contributed by atoms with E-state index in [0.717, 1.165) is 54.0 Å². The Hall–Kier alpha value is -3.68. The normalized spacial score (nSPS) is 14.5. The number of fused-ring (bicyclic) bond motifs is 2. The standard InChI is InChI=1S/C28H27N5OS/c29-27(35)21-3-1-2-20(15-21)24-17-33(22-9-12-34-13-10-22)25-14-18(4-6-23(24)25)16-31-26-7-5-19-8-11-30-28(19)32-26/h1-8,11,14-15,17,22H,9-10,12-13,16H2,(H2,29,35)(H2,30,31,32). The fraction of sp³-hybridized carbons (Fsp3) is 0.214. The van der Waals surface area contributed by atoms with Crippen LogP contribution in [-0.2, 0) is 11.3 Å². The van der Waals surface area contributed by atoms with E-state index in [1.165, 1.54) is 22.0 Å². The smallest absolute Gasteiger partial charge is 0.139 e. The highest BCUT2D eigenvalue weighted by molar-refractivity contribution is 7.80. The maximum atomic E-state index is 5.92. The van der Waals surface area contributed by atoms with Crippen LogP contribution >= 0.6 is 12.2 Å². The van der Waals surface area contributed by atoms with Gasteiger partial charge in [0.1, 0.15) is 16.5 Å². The first-order valence-electron chi connectivity index (χ1n) is 12.0. The van der Waals surface area contributed by atoms with Crippen molar-refractivity contribution in [3.8, 4) is 11.1 Å². The zero-order valence-electron chi connectivity index (χ0n) is 19.3. The Balaban J connectivity index is 1.37. The number of ether oxygens (including phenoxy) is 1. The number of hydrogen-bond acceptors (Lipinski definition) is 4. The molecule has 1 aliphatic heterocycles. The summed E-state index contributed by atoms with van der Waals surface area (Å²) in [6, 6.07) is 21.5. The van der Waals surface area contributed by atoms with E-state index in [1.807, 2.05) is 30.5 Å². The summed E-state index contributed by atoms with van der Waals surface area (Å²) in [5.41, 5.74) is 12.5. The predicted octanol–water partition coefficient (Wildman–Crippen LogP) is 5.78. The number of H-pyrrole nitrogens is 1. The van der Waals surface area contributed by atoms with Gasteiger partial charge >= 0.3 is 0 Å². The van der Waals surface area contributed by atoms with Gasteiger partial charge in [0.2, 0.25) is 0 Å². The molecule has 2 aromatic carbocycles. The van der Waals surface area contributed by atoms with Gasteiger partial charge in [0, 0.05) is 65.6 Å². The van der Waals surface area contributed by atoms with E-state index in [-0.39, 0.29) is 0 Å². The van der Waals surface area contributed by atoms with Crippen LogP contribution in [0.25, 0.3) is 33.1 Å². The Labute approximate surface area is 209 Å². The molecule has 35 heavy (non-hydrogen) atoms. The van der Waals surface area contributed by atoms with E-state index in [9.17, 15) is 0 Å². The lowest BCUT2D eigenvalue weighted by atomic mass is 10.0.